The highest BCUT2D eigenvalue weighted by molar-refractivity contribution is 5.02. The molecular formula is C10H18N2O. The van der Waals surface area contributed by atoms with Crippen molar-refractivity contribution in [3.63, 3.8) is 0 Å². The molecule has 0 N–H and O–H groups in total. The van der Waals surface area contributed by atoms with Crippen LogP contribution in [0.3, 0.4) is 0 Å². The minimum atomic E-state index is -0.359. The molecule has 0 aromatic carbocycles. The summed E-state index contributed by atoms with van der Waals surface area (Å²) in [6.45, 7) is 9.47. The maximum Gasteiger partial charge on any atom is 0.103 e. The van der Waals surface area contributed by atoms with E-state index in [0.717, 1.165) is 26.3 Å². The van der Waals surface area contributed by atoms with Crippen LogP contribution in [0.1, 0.15) is 20.8 Å². The van der Waals surface area contributed by atoms with Crippen LogP contribution in [-0.4, -0.2) is 36.7 Å². The highest BCUT2D eigenvalue weighted by Gasteiger charge is 2.28. The van der Waals surface area contributed by atoms with Crippen LogP contribution in [0.25, 0.3) is 0 Å². The third-order valence-corrected chi connectivity index (χ3v) is 2.50. The maximum atomic E-state index is 8.99. The van der Waals surface area contributed by atoms with Gasteiger partial charge in [0, 0.05) is 13.1 Å². The van der Waals surface area contributed by atoms with Crippen molar-refractivity contribution in [2.24, 2.45) is 5.92 Å². The predicted molar refractivity (Wildman–Crippen MR) is 51.2 cm³/mol. The average Bonchev–Trinajstić information content (AvgIpc) is 2.30. The number of nitriles is 1. The van der Waals surface area contributed by atoms with E-state index in [0.29, 0.717) is 5.92 Å². The van der Waals surface area contributed by atoms with E-state index < -0.39 is 0 Å². The van der Waals surface area contributed by atoms with Crippen LogP contribution in [0, 0.1) is 17.2 Å². The standard InChI is InChI=1S/C10H18N2O/c1-9-6-12(4-5-13-7-9)10(2,3)8-11/h9H,4-7H2,1-3H3. The minimum Gasteiger partial charge on any atom is -0.380 e. The first-order valence-electron chi connectivity index (χ1n) is 4.80. The molecule has 3 heteroatoms. The number of hydrogen-bond acceptors (Lipinski definition) is 3. The van der Waals surface area contributed by atoms with Gasteiger partial charge in [0.05, 0.1) is 19.3 Å². The van der Waals surface area contributed by atoms with Gasteiger partial charge in [0.15, 0.2) is 0 Å². The fourth-order valence-electron chi connectivity index (χ4n) is 1.56. The Labute approximate surface area is 80.3 Å². The monoisotopic (exact) mass is 182 g/mol. The molecule has 0 aromatic rings. The normalized spacial score (nSPS) is 26.5. The van der Waals surface area contributed by atoms with Crippen LogP contribution < -0.4 is 0 Å². The van der Waals surface area contributed by atoms with Gasteiger partial charge in [-0.25, -0.2) is 0 Å². The second kappa shape index (κ2) is 4.08. The molecule has 0 saturated carbocycles. The lowest BCUT2D eigenvalue weighted by Crippen LogP contribution is -2.45. The van der Waals surface area contributed by atoms with Gasteiger partial charge in [-0.1, -0.05) is 6.92 Å². The van der Waals surface area contributed by atoms with Crippen molar-refractivity contribution in [3.05, 3.63) is 0 Å². The molecule has 1 aliphatic heterocycles. The Morgan fingerprint density at radius 3 is 2.85 bits per heavy atom. The number of nitrogens with zero attached hydrogens (tertiary/aromatic N) is 2. The number of hydrogen-bond donors (Lipinski definition) is 0. The smallest absolute Gasteiger partial charge is 0.103 e. The topological polar surface area (TPSA) is 36.3 Å². The van der Waals surface area contributed by atoms with Gasteiger partial charge in [-0.15, -0.1) is 0 Å². The molecule has 0 bridgehead atoms. The quantitative estimate of drug-likeness (QED) is 0.612. The average molecular weight is 182 g/mol. The van der Waals surface area contributed by atoms with Gasteiger partial charge in [-0.05, 0) is 19.8 Å². The lowest BCUT2D eigenvalue weighted by Gasteiger charge is -2.32. The second-order valence-corrected chi connectivity index (χ2v) is 4.30. The Bertz CT molecular complexity index is 207. The Hall–Kier alpha value is -0.590. The fraction of sp³-hybridized carbons (Fsp3) is 0.900. The molecule has 1 saturated heterocycles. The summed E-state index contributed by atoms with van der Waals surface area (Å²) in [5, 5.41) is 8.99. The first-order chi connectivity index (χ1) is 6.06. The van der Waals surface area contributed by atoms with Crippen molar-refractivity contribution in [2.75, 3.05) is 26.3 Å². The first-order valence-corrected chi connectivity index (χ1v) is 4.80. The van der Waals surface area contributed by atoms with E-state index in [1.54, 1.807) is 0 Å². The van der Waals surface area contributed by atoms with Crippen molar-refractivity contribution in [3.8, 4) is 6.07 Å². The predicted octanol–water partition coefficient (Wildman–Crippen LogP) is 1.26. The van der Waals surface area contributed by atoms with Crippen molar-refractivity contribution >= 4 is 0 Å². The molecule has 0 amide bonds. The molecule has 13 heavy (non-hydrogen) atoms. The van der Waals surface area contributed by atoms with E-state index in [1.165, 1.54) is 0 Å². The molecule has 74 valence electrons. The van der Waals surface area contributed by atoms with Crippen LogP contribution in [0.2, 0.25) is 0 Å². The minimum absolute atomic E-state index is 0.359. The van der Waals surface area contributed by atoms with Gasteiger partial charge in [-0.3, -0.25) is 4.90 Å². The molecule has 0 spiro atoms. The summed E-state index contributed by atoms with van der Waals surface area (Å²) in [6, 6.07) is 2.33. The second-order valence-electron chi connectivity index (χ2n) is 4.30. The third-order valence-electron chi connectivity index (χ3n) is 2.50. The molecule has 0 radical (unpaired) electrons. The van der Waals surface area contributed by atoms with E-state index in [4.69, 9.17) is 10.00 Å². The van der Waals surface area contributed by atoms with Crippen molar-refractivity contribution in [1.82, 2.24) is 4.90 Å². The van der Waals surface area contributed by atoms with E-state index in [9.17, 15) is 0 Å². The Morgan fingerprint density at radius 2 is 2.23 bits per heavy atom. The van der Waals surface area contributed by atoms with Gasteiger partial charge in [0.2, 0.25) is 0 Å². The molecular weight excluding hydrogens is 164 g/mol. The van der Waals surface area contributed by atoms with Gasteiger partial charge >= 0.3 is 0 Å². The highest BCUT2D eigenvalue weighted by Crippen LogP contribution is 2.17. The van der Waals surface area contributed by atoms with Crippen molar-refractivity contribution in [2.45, 2.75) is 26.3 Å². The molecule has 0 aliphatic carbocycles. The lowest BCUT2D eigenvalue weighted by molar-refractivity contribution is 0.119. The van der Waals surface area contributed by atoms with E-state index in [2.05, 4.69) is 17.9 Å². The van der Waals surface area contributed by atoms with Gasteiger partial charge < -0.3 is 4.74 Å². The van der Waals surface area contributed by atoms with Gasteiger partial charge in [0.1, 0.15) is 5.54 Å². The summed E-state index contributed by atoms with van der Waals surface area (Å²) in [6.07, 6.45) is 0. The zero-order valence-electron chi connectivity index (χ0n) is 8.71. The molecule has 0 aromatic heterocycles. The summed E-state index contributed by atoms with van der Waals surface area (Å²) < 4.78 is 5.43. The van der Waals surface area contributed by atoms with Gasteiger partial charge in [0.25, 0.3) is 0 Å². The maximum absolute atomic E-state index is 8.99. The molecule has 1 rings (SSSR count). The molecule has 3 nitrogen and oxygen atoms in total. The van der Waals surface area contributed by atoms with E-state index in [1.807, 2.05) is 13.8 Å². The lowest BCUT2D eigenvalue weighted by atomic mass is 10.0. The largest absolute Gasteiger partial charge is 0.380 e. The number of rotatable bonds is 1. The van der Waals surface area contributed by atoms with Crippen LogP contribution in [0.4, 0.5) is 0 Å². The zero-order valence-corrected chi connectivity index (χ0v) is 8.71. The molecule has 1 fully saturated rings. The van der Waals surface area contributed by atoms with Crippen LogP contribution >= 0.6 is 0 Å². The SMILES string of the molecule is CC1COCCN(C(C)(C)C#N)C1. The number of ether oxygens (including phenoxy) is 1. The van der Waals surface area contributed by atoms with Crippen molar-refractivity contribution in [1.29, 1.82) is 5.26 Å². The van der Waals surface area contributed by atoms with Crippen LogP contribution in [-0.2, 0) is 4.74 Å². The first kappa shape index (κ1) is 10.5. The summed E-state index contributed by atoms with van der Waals surface area (Å²) in [5.41, 5.74) is -0.359. The van der Waals surface area contributed by atoms with Crippen LogP contribution in [0.5, 0.6) is 0 Å². The summed E-state index contributed by atoms with van der Waals surface area (Å²) >= 11 is 0. The molecule has 1 aliphatic rings. The molecule has 1 atom stereocenters. The Balaban J connectivity index is 2.63. The fourth-order valence-corrected chi connectivity index (χ4v) is 1.56. The van der Waals surface area contributed by atoms with Crippen LogP contribution in [0.15, 0.2) is 0 Å². The summed E-state index contributed by atoms with van der Waals surface area (Å²) in [4.78, 5) is 2.20. The van der Waals surface area contributed by atoms with E-state index in [-0.39, 0.29) is 5.54 Å². The third kappa shape index (κ3) is 2.68. The Morgan fingerprint density at radius 1 is 1.54 bits per heavy atom. The Kier molecular flexibility index (Phi) is 3.29. The summed E-state index contributed by atoms with van der Waals surface area (Å²) in [7, 11) is 0. The van der Waals surface area contributed by atoms with Gasteiger partial charge in [-0.2, -0.15) is 5.26 Å². The molecule has 1 unspecified atom stereocenters. The van der Waals surface area contributed by atoms with Crippen molar-refractivity contribution < 1.29 is 4.74 Å². The highest BCUT2D eigenvalue weighted by atomic mass is 16.5. The van der Waals surface area contributed by atoms with E-state index >= 15 is 0 Å². The molecule has 1 heterocycles. The summed E-state index contributed by atoms with van der Waals surface area (Å²) in [5.74, 6) is 0.523. The zero-order chi connectivity index (χ0) is 9.90.